The Morgan fingerprint density at radius 2 is 1.74 bits per heavy atom. The molecular weight excluding hydrogens is 548 g/mol. The van der Waals surface area contributed by atoms with Gasteiger partial charge in [0.25, 0.3) is 16.8 Å². The van der Waals surface area contributed by atoms with Gasteiger partial charge in [0.1, 0.15) is 5.69 Å². The number of rotatable bonds is 7. The van der Waals surface area contributed by atoms with Gasteiger partial charge >= 0.3 is 0 Å². The zero-order chi connectivity index (χ0) is 29.4. The number of benzene rings is 3. The van der Waals surface area contributed by atoms with Crippen molar-refractivity contribution in [3.05, 3.63) is 104 Å². The fraction of sp³-hybridized carbons (Fsp3) is 0.273. The van der Waals surface area contributed by atoms with Crippen molar-refractivity contribution >= 4 is 51.1 Å². The van der Waals surface area contributed by atoms with Crippen LogP contribution >= 0.6 is 11.8 Å². The highest BCUT2D eigenvalue weighted by molar-refractivity contribution is 8.18. The molecule has 1 aliphatic heterocycles. The second kappa shape index (κ2) is 11.5. The molecular formula is C33H32N4O4S. The number of nitro groups is 1. The molecule has 0 radical (unpaired) electrons. The smallest absolute Gasteiger partial charge is 0.294 e. The van der Waals surface area contributed by atoms with Crippen LogP contribution in [0.3, 0.4) is 0 Å². The molecule has 42 heavy (non-hydrogen) atoms. The lowest BCUT2D eigenvalue weighted by Crippen LogP contribution is -2.27. The lowest BCUT2D eigenvalue weighted by atomic mass is 9.95. The second-order valence-electron chi connectivity index (χ2n) is 11.0. The highest BCUT2D eigenvalue weighted by Gasteiger charge is 2.35. The number of nitrogens with one attached hydrogen (secondary N) is 1. The van der Waals surface area contributed by atoms with Gasteiger partial charge in [-0.25, -0.2) is 0 Å². The Morgan fingerprint density at radius 1 is 0.976 bits per heavy atom. The Kier molecular flexibility index (Phi) is 7.60. The monoisotopic (exact) mass is 580 g/mol. The van der Waals surface area contributed by atoms with E-state index in [0.717, 1.165) is 70.7 Å². The molecule has 8 nitrogen and oxygen atoms in total. The van der Waals surface area contributed by atoms with Crippen LogP contribution in [0.2, 0.25) is 0 Å². The van der Waals surface area contributed by atoms with Crippen LogP contribution in [0.4, 0.5) is 16.2 Å². The standard InChI is InChI=1S/C33H32N4O4S/c1-21-16-26(18-31-32(38)35(33(39)42-31)20-23-12-13-24-8-6-7-9-25(24)17-23)22(2)36(21)28-14-15-29(30(19-28)37(40)41)34-27-10-4-3-5-11-27/h6-9,12-19,27,34H,3-5,10-11,20H2,1-2H3/b31-18-. The van der Waals surface area contributed by atoms with E-state index in [9.17, 15) is 19.7 Å². The minimum atomic E-state index is -0.338. The van der Waals surface area contributed by atoms with Crippen LogP contribution in [-0.4, -0.2) is 31.6 Å². The van der Waals surface area contributed by atoms with Gasteiger partial charge in [0.05, 0.1) is 22.1 Å². The van der Waals surface area contributed by atoms with E-state index in [4.69, 9.17) is 0 Å². The summed E-state index contributed by atoms with van der Waals surface area (Å²) in [5.41, 5.74) is 4.64. The third-order valence-corrected chi connectivity index (χ3v) is 9.09. The van der Waals surface area contributed by atoms with E-state index in [-0.39, 0.29) is 34.3 Å². The van der Waals surface area contributed by atoms with E-state index < -0.39 is 0 Å². The Bertz CT molecular complexity index is 1750. The average molecular weight is 581 g/mol. The minimum absolute atomic E-state index is 0.0435. The molecule has 0 atom stereocenters. The quantitative estimate of drug-likeness (QED) is 0.135. The number of aromatic nitrogens is 1. The molecule has 0 spiro atoms. The van der Waals surface area contributed by atoms with Gasteiger partial charge in [0.15, 0.2) is 0 Å². The maximum Gasteiger partial charge on any atom is 0.294 e. The van der Waals surface area contributed by atoms with E-state index >= 15 is 0 Å². The lowest BCUT2D eigenvalue weighted by molar-refractivity contribution is -0.384. The molecule has 9 heteroatoms. The molecule has 2 heterocycles. The van der Waals surface area contributed by atoms with Crippen molar-refractivity contribution in [3.8, 4) is 5.69 Å². The number of nitro benzene ring substituents is 1. The Balaban J connectivity index is 1.25. The number of carbonyl (C=O) groups is 2. The third-order valence-electron chi connectivity index (χ3n) is 8.19. The zero-order valence-electron chi connectivity index (χ0n) is 23.6. The number of anilines is 1. The number of hydrogen-bond donors (Lipinski definition) is 1. The van der Waals surface area contributed by atoms with Crippen LogP contribution in [0.5, 0.6) is 0 Å². The van der Waals surface area contributed by atoms with Crippen LogP contribution in [0.15, 0.2) is 71.6 Å². The molecule has 1 saturated heterocycles. The summed E-state index contributed by atoms with van der Waals surface area (Å²) in [5.74, 6) is -0.322. The van der Waals surface area contributed by atoms with E-state index in [1.807, 2.05) is 73.0 Å². The SMILES string of the molecule is Cc1cc(/C=C2\SC(=O)N(Cc3ccc4ccccc4c3)C2=O)c(C)n1-c1ccc(NC2CCCCC2)c([N+](=O)[O-])c1. The summed E-state index contributed by atoms with van der Waals surface area (Å²) >= 11 is 0.936. The average Bonchev–Trinajstić information content (AvgIpc) is 3.41. The first-order valence-electron chi connectivity index (χ1n) is 14.3. The maximum absolute atomic E-state index is 13.3. The molecule has 214 valence electrons. The minimum Gasteiger partial charge on any atom is -0.377 e. The summed E-state index contributed by atoms with van der Waals surface area (Å²) in [6.07, 6.45) is 7.27. The zero-order valence-corrected chi connectivity index (χ0v) is 24.4. The number of amides is 2. The topological polar surface area (TPSA) is 97.5 Å². The highest BCUT2D eigenvalue weighted by Crippen LogP contribution is 2.36. The summed E-state index contributed by atoms with van der Waals surface area (Å²) in [4.78, 5) is 39.5. The Hall–Kier alpha value is -4.37. The van der Waals surface area contributed by atoms with Crippen molar-refractivity contribution < 1.29 is 14.5 Å². The van der Waals surface area contributed by atoms with E-state index in [1.54, 1.807) is 18.2 Å². The molecule has 1 aromatic heterocycles. The number of nitrogens with zero attached hydrogens (tertiary/aromatic N) is 3. The van der Waals surface area contributed by atoms with Crippen LogP contribution in [0.25, 0.3) is 22.5 Å². The summed E-state index contributed by atoms with van der Waals surface area (Å²) in [6.45, 7) is 4.05. The fourth-order valence-corrected chi connectivity index (χ4v) is 6.86. The first kappa shape index (κ1) is 27.8. The van der Waals surface area contributed by atoms with Crippen LogP contribution in [-0.2, 0) is 11.3 Å². The number of carbonyl (C=O) groups excluding carboxylic acids is 2. The third kappa shape index (κ3) is 5.44. The van der Waals surface area contributed by atoms with Gasteiger partial charge < -0.3 is 9.88 Å². The molecule has 4 aromatic rings. The Labute approximate surface area is 248 Å². The van der Waals surface area contributed by atoms with Crippen LogP contribution in [0, 0.1) is 24.0 Å². The van der Waals surface area contributed by atoms with E-state index in [2.05, 4.69) is 5.32 Å². The van der Waals surface area contributed by atoms with Crippen molar-refractivity contribution in [3.63, 3.8) is 0 Å². The molecule has 0 unspecified atom stereocenters. The van der Waals surface area contributed by atoms with E-state index in [0.29, 0.717) is 16.3 Å². The number of thioether (sulfide) groups is 1. The second-order valence-corrected chi connectivity index (χ2v) is 12.0. The van der Waals surface area contributed by atoms with Crippen molar-refractivity contribution in [2.45, 2.75) is 58.5 Å². The number of aryl methyl sites for hydroxylation is 1. The largest absolute Gasteiger partial charge is 0.377 e. The van der Waals surface area contributed by atoms with Crippen molar-refractivity contribution in [1.82, 2.24) is 9.47 Å². The number of fused-ring (bicyclic) bond motifs is 1. The summed E-state index contributed by atoms with van der Waals surface area (Å²) in [7, 11) is 0. The summed E-state index contributed by atoms with van der Waals surface area (Å²) in [5, 5.41) is 17.3. The first-order chi connectivity index (χ1) is 20.3. The number of hydrogen-bond acceptors (Lipinski definition) is 6. The highest BCUT2D eigenvalue weighted by atomic mass is 32.2. The van der Waals surface area contributed by atoms with Gasteiger partial charge in [-0.2, -0.15) is 0 Å². The molecule has 6 rings (SSSR count). The summed E-state index contributed by atoms with van der Waals surface area (Å²) in [6, 6.07) is 21.4. The molecule has 0 bridgehead atoms. The van der Waals surface area contributed by atoms with E-state index in [1.165, 1.54) is 11.3 Å². The molecule has 1 N–H and O–H groups in total. The van der Waals surface area contributed by atoms with Crippen molar-refractivity contribution in [1.29, 1.82) is 0 Å². The molecule has 2 aliphatic rings. The molecule has 2 fully saturated rings. The summed E-state index contributed by atoms with van der Waals surface area (Å²) < 4.78 is 1.95. The van der Waals surface area contributed by atoms with Crippen molar-refractivity contribution in [2.75, 3.05) is 5.32 Å². The van der Waals surface area contributed by atoms with Crippen LogP contribution in [0.1, 0.15) is 54.6 Å². The fourth-order valence-electron chi connectivity index (χ4n) is 6.03. The molecule has 1 aliphatic carbocycles. The molecule has 2 amide bonds. The van der Waals surface area contributed by atoms with Gasteiger partial charge in [-0.1, -0.05) is 55.7 Å². The lowest BCUT2D eigenvalue weighted by Gasteiger charge is -2.24. The molecule has 3 aromatic carbocycles. The molecule has 1 saturated carbocycles. The van der Waals surface area contributed by atoms with Gasteiger partial charge in [-0.3, -0.25) is 24.6 Å². The van der Waals surface area contributed by atoms with Crippen molar-refractivity contribution in [2.24, 2.45) is 0 Å². The van der Waals surface area contributed by atoms with Gasteiger partial charge in [-0.15, -0.1) is 0 Å². The first-order valence-corrected chi connectivity index (χ1v) is 15.1. The van der Waals surface area contributed by atoms with Gasteiger partial charge in [-0.05, 0) is 90.7 Å². The predicted octanol–water partition coefficient (Wildman–Crippen LogP) is 8.14. The predicted molar refractivity (Wildman–Crippen MR) is 168 cm³/mol. The number of imide groups is 1. The van der Waals surface area contributed by atoms with Gasteiger partial charge in [0.2, 0.25) is 0 Å². The van der Waals surface area contributed by atoms with Crippen LogP contribution < -0.4 is 5.32 Å². The normalized spacial score (nSPS) is 17.0. The Morgan fingerprint density at radius 3 is 2.50 bits per heavy atom. The van der Waals surface area contributed by atoms with Gasteiger partial charge in [0, 0.05) is 23.5 Å². The maximum atomic E-state index is 13.3.